The molecule has 0 spiro atoms. The Balaban J connectivity index is 1.54. The van der Waals surface area contributed by atoms with Gasteiger partial charge >= 0.3 is 13.9 Å². The third kappa shape index (κ3) is 9.73. The fourth-order valence-corrected chi connectivity index (χ4v) is 8.06. The van der Waals surface area contributed by atoms with Gasteiger partial charge in [-0.25, -0.2) is 9.36 Å². The first-order valence-electron chi connectivity index (χ1n) is 17.3. The number of aryl methyl sites for hydroxylation is 2. The molecule has 54 heavy (non-hydrogen) atoms. The number of phosphoric acid groups is 1. The molecule has 13 nitrogen and oxygen atoms in total. The molecule has 288 valence electrons. The Kier molecular flexibility index (Phi) is 13.0. The zero-order valence-electron chi connectivity index (χ0n) is 29.6. The standard InChI is InChI=1S/C37H42Cl2N5O8PS/c1-3-21(2)31(33(40)54)42-35(46)37(16-15-29-27(19-37)26-17-24(38)18-28(39)32(26)41-29)43-34(45)30(44(36(47)48)20-23-7-5-4-6-8-23)14-11-22-9-12-25(13-10-22)52-53(49,50)51/h4-10,12-13,17-18,21,30-31,41H,3,11,14-16,19-20H2,1-2H3,(H2,40,54)(H,42,46)(H,43,45)(H,47,48)(H2,49,50,51)/t21?,30-,31-,37+/m0/s1. The quantitative estimate of drug-likeness (QED) is 0.0527. The first kappa shape index (κ1) is 41.0. The van der Waals surface area contributed by atoms with Crippen LogP contribution < -0.4 is 20.9 Å². The molecule has 1 aliphatic carbocycles. The van der Waals surface area contributed by atoms with Crippen molar-refractivity contribution in [3.05, 3.63) is 99.2 Å². The predicted octanol–water partition coefficient (Wildman–Crippen LogP) is 6.29. The lowest BCUT2D eigenvalue weighted by Crippen LogP contribution is -2.66. The molecule has 1 aliphatic rings. The molecule has 3 amide bonds. The van der Waals surface area contributed by atoms with E-state index in [-0.39, 0.29) is 48.9 Å². The Morgan fingerprint density at radius 1 is 1.09 bits per heavy atom. The number of thiocarbonyl (C=S) groups is 1. The highest BCUT2D eigenvalue weighted by Crippen LogP contribution is 2.39. The first-order chi connectivity index (χ1) is 25.5. The van der Waals surface area contributed by atoms with Crippen LogP contribution in [0.2, 0.25) is 10.0 Å². The van der Waals surface area contributed by atoms with E-state index in [0.717, 1.165) is 16.2 Å². The van der Waals surface area contributed by atoms with Gasteiger partial charge in [-0.2, -0.15) is 0 Å². The number of rotatable bonds is 15. The molecular formula is C37H42Cl2N5O8PS. The molecule has 4 aromatic rings. The van der Waals surface area contributed by atoms with E-state index >= 15 is 0 Å². The average molecular weight is 819 g/mol. The Labute approximate surface area is 327 Å². The van der Waals surface area contributed by atoms with Crippen molar-refractivity contribution < 1.29 is 38.4 Å². The number of H-pyrrole nitrogens is 1. The van der Waals surface area contributed by atoms with Gasteiger partial charge in [-0.1, -0.05) is 98.2 Å². The van der Waals surface area contributed by atoms with E-state index in [1.54, 1.807) is 54.6 Å². The molecule has 3 aromatic carbocycles. The fourth-order valence-electron chi connectivity index (χ4n) is 6.83. The third-order valence-electron chi connectivity index (χ3n) is 9.88. The lowest BCUT2D eigenvalue weighted by Gasteiger charge is -2.40. The molecule has 17 heteroatoms. The lowest BCUT2D eigenvalue weighted by molar-refractivity contribution is -0.137. The topological polar surface area (TPSA) is 207 Å². The highest BCUT2D eigenvalue weighted by Gasteiger charge is 2.47. The van der Waals surface area contributed by atoms with Gasteiger partial charge in [-0.3, -0.25) is 24.3 Å². The minimum absolute atomic E-state index is 0.00665. The van der Waals surface area contributed by atoms with Crippen molar-refractivity contribution in [2.45, 2.75) is 76.5 Å². The Hall–Kier alpha value is -4.17. The molecule has 4 atom stereocenters. The van der Waals surface area contributed by atoms with Gasteiger partial charge in [0.15, 0.2) is 0 Å². The van der Waals surface area contributed by atoms with Crippen molar-refractivity contribution >= 4 is 77.0 Å². The van der Waals surface area contributed by atoms with Crippen molar-refractivity contribution in [3.63, 3.8) is 0 Å². The summed E-state index contributed by atoms with van der Waals surface area (Å²) in [6.45, 7) is 3.74. The van der Waals surface area contributed by atoms with E-state index in [4.69, 9.17) is 50.9 Å². The summed E-state index contributed by atoms with van der Waals surface area (Å²) in [6, 6.07) is 16.1. The zero-order valence-corrected chi connectivity index (χ0v) is 32.8. The van der Waals surface area contributed by atoms with Gasteiger partial charge in [0.2, 0.25) is 11.8 Å². The number of nitrogens with two attached hydrogens (primary N) is 1. The summed E-state index contributed by atoms with van der Waals surface area (Å²) >= 11 is 18.3. The number of hydrogen-bond acceptors (Lipinski definition) is 6. The number of amides is 3. The molecular weight excluding hydrogens is 776 g/mol. The van der Waals surface area contributed by atoms with Crippen LogP contribution in [0, 0.1) is 5.92 Å². The Morgan fingerprint density at radius 3 is 2.39 bits per heavy atom. The fraction of sp³-hybridized carbons (Fsp3) is 0.351. The van der Waals surface area contributed by atoms with Gasteiger partial charge in [0.1, 0.15) is 17.3 Å². The lowest BCUT2D eigenvalue weighted by atomic mass is 9.78. The number of aromatic nitrogens is 1. The van der Waals surface area contributed by atoms with Crippen molar-refractivity contribution in [2.75, 3.05) is 0 Å². The number of phosphoric ester groups is 1. The van der Waals surface area contributed by atoms with Crippen LogP contribution in [0.15, 0.2) is 66.7 Å². The highest BCUT2D eigenvalue weighted by molar-refractivity contribution is 7.80. The second-order valence-electron chi connectivity index (χ2n) is 13.6. The summed E-state index contributed by atoms with van der Waals surface area (Å²) in [6.07, 6.45) is 0.0147. The number of hydrogen-bond donors (Lipinski definition) is 7. The van der Waals surface area contributed by atoms with Gasteiger partial charge in [-0.05, 0) is 72.6 Å². The van der Waals surface area contributed by atoms with E-state index in [0.29, 0.717) is 44.9 Å². The number of nitrogens with zero attached hydrogens (tertiary/aromatic N) is 1. The van der Waals surface area contributed by atoms with Crippen LogP contribution in [-0.2, 0) is 40.0 Å². The van der Waals surface area contributed by atoms with Crippen LogP contribution in [0.4, 0.5) is 4.79 Å². The SMILES string of the molecule is CCC(C)[C@H](NC(=O)[C@@]1(NC(=O)[C@H](CCc2ccc(OP(=O)(O)O)cc2)N(Cc2ccccc2)C(=O)O)CCc2[nH]c3c(Cl)cc(Cl)cc3c2C1)C(N)=S. The molecule has 0 radical (unpaired) electrons. The van der Waals surface area contributed by atoms with Crippen molar-refractivity contribution in [1.29, 1.82) is 0 Å². The number of carbonyl (C=O) groups is 3. The summed E-state index contributed by atoms with van der Waals surface area (Å²) in [4.78, 5) is 65.1. The van der Waals surface area contributed by atoms with Crippen LogP contribution in [0.25, 0.3) is 10.9 Å². The largest absolute Gasteiger partial charge is 0.524 e. The Bertz CT molecular complexity index is 2080. The molecule has 1 aromatic heterocycles. The molecule has 8 N–H and O–H groups in total. The van der Waals surface area contributed by atoms with Crippen LogP contribution in [0.1, 0.15) is 55.5 Å². The number of carbonyl (C=O) groups excluding carboxylic acids is 2. The second-order valence-corrected chi connectivity index (χ2v) is 16.0. The summed E-state index contributed by atoms with van der Waals surface area (Å²) in [7, 11) is -4.78. The monoisotopic (exact) mass is 817 g/mol. The van der Waals surface area contributed by atoms with Crippen molar-refractivity contribution in [3.8, 4) is 5.75 Å². The minimum Gasteiger partial charge on any atom is -0.465 e. The van der Waals surface area contributed by atoms with Crippen LogP contribution in [0.5, 0.6) is 5.75 Å². The van der Waals surface area contributed by atoms with Crippen LogP contribution in [-0.4, -0.2) is 65.3 Å². The molecule has 0 bridgehead atoms. The number of carboxylic acid groups (broad SMARTS) is 1. The molecule has 0 aliphatic heterocycles. The molecule has 1 heterocycles. The first-order valence-corrected chi connectivity index (χ1v) is 20.0. The van der Waals surface area contributed by atoms with E-state index in [9.17, 15) is 24.1 Å². The number of aromatic amines is 1. The summed E-state index contributed by atoms with van der Waals surface area (Å²) in [5, 5.41) is 18.1. The summed E-state index contributed by atoms with van der Waals surface area (Å²) in [5.41, 5.74) is 8.04. The molecule has 0 fully saturated rings. The maximum atomic E-state index is 14.7. The molecule has 0 saturated carbocycles. The Morgan fingerprint density at radius 2 is 1.78 bits per heavy atom. The van der Waals surface area contributed by atoms with E-state index in [1.165, 1.54) is 12.1 Å². The van der Waals surface area contributed by atoms with Gasteiger partial charge in [-0.15, -0.1) is 0 Å². The average Bonchev–Trinajstić information content (AvgIpc) is 3.47. The third-order valence-corrected chi connectivity index (χ3v) is 11.1. The minimum atomic E-state index is -4.78. The number of nitrogens with one attached hydrogen (secondary N) is 3. The van der Waals surface area contributed by atoms with E-state index in [1.807, 2.05) is 13.8 Å². The maximum Gasteiger partial charge on any atom is 0.524 e. The normalized spacial score (nSPS) is 17.1. The van der Waals surface area contributed by atoms with E-state index < -0.39 is 43.4 Å². The van der Waals surface area contributed by atoms with Crippen molar-refractivity contribution in [1.82, 2.24) is 20.5 Å². The van der Waals surface area contributed by atoms with Crippen LogP contribution >= 0.6 is 43.2 Å². The number of benzene rings is 3. The summed E-state index contributed by atoms with van der Waals surface area (Å²) in [5.74, 6) is -1.40. The second kappa shape index (κ2) is 17.1. The predicted molar refractivity (Wildman–Crippen MR) is 211 cm³/mol. The van der Waals surface area contributed by atoms with Crippen LogP contribution in [0.3, 0.4) is 0 Å². The maximum absolute atomic E-state index is 14.7. The molecule has 0 saturated heterocycles. The smallest absolute Gasteiger partial charge is 0.465 e. The number of halogens is 2. The van der Waals surface area contributed by atoms with Gasteiger partial charge in [0.05, 0.1) is 21.6 Å². The van der Waals surface area contributed by atoms with Crippen molar-refractivity contribution in [2.24, 2.45) is 11.7 Å². The number of fused-ring (bicyclic) bond motifs is 3. The van der Waals surface area contributed by atoms with Gasteiger partial charge in [0.25, 0.3) is 0 Å². The summed E-state index contributed by atoms with van der Waals surface area (Å²) < 4.78 is 15.9. The van der Waals surface area contributed by atoms with Gasteiger partial charge < -0.3 is 31.0 Å². The highest BCUT2D eigenvalue weighted by atomic mass is 35.5. The van der Waals surface area contributed by atoms with E-state index in [2.05, 4.69) is 20.1 Å². The zero-order chi connectivity index (χ0) is 39.4. The van der Waals surface area contributed by atoms with Gasteiger partial charge in [0, 0.05) is 29.1 Å². The molecule has 1 unspecified atom stereocenters. The molecule has 5 rings (SSSR count).